The van der Waals surface area contributed by atoms with E-state index < -0.39 is 6.61 Å². The van der Waals surface area contributed by atoms with E-state index >= 15 is 0 Å². The highest BCUT2D eigenvalue weighted by Crippen LogP contribution is 2.22. The van der Waals surface area contributed by atoms with Gasteiger partial charge >= 0.3 is 6.61 Å². The lowest BCUT2D eigenvalue weighted by atomic mass is 10.1. The van der Waals surface area contributed by atoms with Crippen molar-refractivity contribution in [3.63, 3.8) is 0 Å². The zero-order valence-electron chi connectivity index (χ0n) is 13.0. The Hall–Kier alpha value is -3.00. The average Bonchev–Trinajstić information content (AvgIpc) is 3.02. The van der Waals surface area contributed by atoms with Crippen molar-refractivity contribution in [3.8, 4) is 17.8 Å². The van der Waals surface area contributed by atoms with Crippen molar-refractivity contribution in [3.05, 3.63) is 18.0 Å². The Morgan fingerprint density at radius 2 is 2.12 bits per heavy atom. The van der Waals surface area contributed by atoms with Gasteiger partial charge in [-0.2, -0.15) is 24.1 Å². The number of aromatic amines is 1. The molecule has 1 fully saturated rings. The molecule has 0 atom stereocenters. The first kappa shape index (κ1) is 16.8. The molecule has 3 N–H and O–H groups in total. The lowest BCUT2D eigenvalue weighted by Crippen LogP contribution is -2.34. The molecule has 0 aliphatic carbocycles. The van der Waals surface area contributed by atoms with Gasteiger partial charge in [0, 0.05) is 6.07 Å². The fourth-order valence-corrected chi connectivity index (χ4v) is 2.32. The second-order valence-electron chi connectivity index (χ2n) is 5.21. The van der Waals surface area contributed by atoms with Crippen LogP contribution in [0.3, 0.4) is 0 Å². The maximum absolute atomic E-state index is 12.2. The average molecular weight is 351 g/mol. The highest BCUT2D eigenvalue weighted by molar-refractivity contribution is 5.53. The molecule has 2 aromatic rings. The first-order chi connectivity index (χ1) is 12.1. The molecule has 9 nitrogen and oxygen atoms in total. The van der Waals surface area contributed by atoms with Crippen LogP contribution >= 0.6 is 0 Å². The van der Waals surface area contributed by atoms with Gasteiger partial charge in [-0.25, -0.2) is 10.1 Å². The Morgan fingerprint density at radius 1 is 1.32 bits per heavy atom. The second-order valence-corrected chi connectivity index (χ2v) is 5.21. The lowest BCUT2D eigenvalue weighted by Gasteiger charge is -2.23. The van der Waals surface area contributed by atoms with E-state index in [9.17, 15) is 8.78 Å². The minimum absolute atomic E-state index is 0.0469. The zero-order chi connectivity index (χ0) is 17.6. The molecule has 0 saturated carbocycles. The number of alkyl halides is 2. The minimum atomic E-state index is -2.95. The third-order valence-electron chi connectivity index (χ3n) is 3.44. The van der Waals surface area contributed by atoms with Gasteiger partial charge in [-0.15, -0.1) is 0 Å². The Labute approximate surface area is 141 Å². The quantitative estimate of drug-likeness (QED) is 0.717. The van der Waals surface area contributed by atoms with Crippen molar-refractivity contribution >= 4 is 11.6 Å². The van der Waals surface area contributed by atoms with E-state index in [4.69, 9.17) is 10.00 Å². The van der Waals surface area contributed by atoms with E-state index in [1.165, 1.54) is 12.3 Å². The number of piperidine rings is 1. The highest BCUT2D eigenvalue weighted by atomic mass is 19.3. The van der Waals surface area contributed by atoms with Crippen LogP contribution in [0.5, 0.6) is 11.8 Å². The van der Waals surface area contributed by atoms with Crippen molar-refractivity contribution in [2.75, 3.05) is 18.4 Å². The summed E-state index contributed by atoms with van der Waals surface area (Å²) in [5, 5.41) is 21.2. The van der Waals surface area contributed by atoms with Gasteiger partial charge in [-0.1, -0.05) is 0 Å². The number of hydrogen-bond donors (Lipinski definition) is 3. The van der Waals surface area contributed by atoms with E-state index in [2.05, 4.69) is 35.5 Å². The fraction of sp³-hybridized carbons (Fsp3) is 0.429. The van der Waals surface area contributed by atoms with Gasteiger partial charge in [-0.3, -0.25) is 0 Å². The molecular formula is C14H15F2N7O2. The van der Waals surface area contributed by atoms with Crippen molar-refractivity contribution in [1.82, 2.24) is 25.5 Å². The topological polar surface area (TPSA) is 121 Å². The van der Waals surface area contributed by atoms with Crippen LogP contribution in [0.25, 0.3) is 0 Å². The van der Waals surface area contributed by atoms with Crippen molar-refractivity contribution in [1.29, 1.82) is 5.26 Å². The Kier molecular flexibility index (Phi) is 5.20. The Bertz CT molecular complexity index is 756. The summed E-state index contributed by atoms with van der Waals surface area (Å²) < 4.78 is 34.3. The van der Waals surface area contributed by atoms with Gasteiger partial charge in [0.05, 0.1) is 6.20 Å². The van der Waals surface area contributed by atoms with Gasteiger partial charge in [-0.05, 0) is 25.9 Å². The molecular weight excluding hydrogens is 336 g/mol. The number of H-pyrrole nitrogens is 1. The number of nitrogens with one attached hydrogen (secondary N) is 3. The van der Waals surface area contributed by atoms with E-state index in [0.29, 0.717) is 0 Å². The monoisotopic (exact) mass is 351 g/mol. The molecule has 0 radical (unpaired) electrons. The van der Waals surface area contributed by atoms with Crippen LogP contribution in [0.4, 0.5) is 20.4 Å². The molecule has 0 bridgehead atoms. The normalized spacial score (nSPS) is 15.0. The molecule has 11 heteroatoms. The minimum Gasteiger partial charge on any atom is -0.472 e. The third kappa shape index (κ3) is 4.51. The molecule has 0 aromatic carbocycles. The molecule has 0 spiro atoms. The van der Waals surface area contributed by atoms with E-state index in [1.54, 1.807) is 0 Å². The second kappa shape index (κ2) is 7.71. The van der Waals surface area contributed by atoms with Crippen LogP contribution < -0.4 is 20.1 Å². The number of nitriles is 1. The van der Waals surface area contributed by atoms with Crippen molar-refractivity contribution < 1.29 is 18.3 Å². The molecule has 1 aliphatic heterocycles. The number of hydrogen-bond acceptors (Lipinski definition) is 8. The predicted molar refractivity (Wildman–Crippen MR) is 81.8 cm³/mol. The molecule has 25 heavy (non-hydrogen) atoms. The number of anilines is 2. The van der Waals surface area contributed by atoms with Crippen molar-refractivity contribution in [2.45, 2.75) is 25.6 Å². The molecule has 3 rings (SSSR count). The summed E-state index contributed by atoms with van der Waals surface area (Å²) in [6.45, 7) is -1.29. The first-order valence-electron chi connectivity index (χ1n) is 7.56. The summed E-state index contributed by atoms with van der Waals surface area (Å²) in [4.78, 5) is 8.22. The zero-order valence-corrected chi connectivity index (χ0v) is 13.0. The summed E-state index contributed by atoms with van der Waals surface area (Å²) in [7, 11) is 0. The van der Waals surface area contributed by atoms with Crippen LogP contribution in [-0.2, 0) is 0 Å². The summed E-state index contributed by atoms with van der Waals surface area (Å²) in [6.07, 6.45) is 2.89. The van der Waals surface area contributed by atoms with Crippen LogP contribution in [0, 0.1) is 11.3 Å². The first-order valence-corrected chi connectivity index (χ1v) is 7.56. The summed E-state index contributed by atoms with van der Waals surface area (Å²) in [5.41, 5.74) is 0.0767. The Morgan fingerprint density at radius 3 is 2.84 bits per heavy atom. The molecule has 3 heterocycles. The largest absolute Gasteiger partial charge is 0.472 e. The maximum atomic E-state index is 12.2. The van der Waals surface area contributed by atoms with Crippen molar-refractivity contribution in [2.24, 2.45) is 0 Å². The van der Waals surface area contributed by atoms with E-state index in [0.717, 1.165) is 25.9 Å². The summed E-state index contributed by atoms with van der Waals surface area (Å²) >= 11 is 0. The maximum Gasteiger partial charge on any atom is 0.388 e. The third-order valence-corrected chi connectivity index (χ3v) is 3.44. The molecule has 132 valence electrons. The van der Waals surface area contributed by atoms with E-state index in [-0.39, 0.29) is 35.2 Å². The summed E-state index contributed by atoms with van der Waals surface area (Å²) in [5.74, 6) is 0.407. The van der Waals surface area contributed by atoms with Gasteiger partial charge in [0.2, 0.25) is 11.6 Å². The van der Waals surface area contributed by atoms with E-state index in [1.807, 2.05) is 6.07 Å². The number of rotatable bonds is 6. The molecule has 1 saturated heterocycles. The molecule has 1 aliphatic rings. The SMILES string of the molecule is N#Cc1ncc(Nc2cc(OC(F)F)[nH]n2)nc1OC1CCNCC1. The van der Waals surface area contributed by atoms with Gasteiger partial charge in [0.15, 0.2) is 11.6 Å². The van der Waals surface area contributed by atoms with Crippen LogP contribution in [0.2, 0.25) is 0 Å². The van der Waals surface area contributed by atoms with Gasteiger partial charge < -0.3 is 20.1 Å². The van der Waals surface area contributed by atoms with Crippen LogP contribution in [0.1, 0.15) is 18.5 Å². The Balaban J connectivity index is 1.72. The number of halogens is 2. The standard InChI is InChI=1S/C14H15F2N7O2/c15-14(16)25-12-5-10(22-23-12)20-11-7-19-9(6-17)13(21-11)24-8-1-3-18-4-2-8/h5,7-8,14,18H,1-4H2,(H2,20,21,22,23). The van der Waals surface area contributed by atoms with Crippen LogP contribution in [0.15, 0.2) is 12.3 Å². The smallest absolute Gasteiger partial charge is 0.388 e. The number of nitrogens with zero attached hydrogens (tertiary/aromatic N) is 4. The molecule has 0 unspecified atom stereocenters. The van der Waals surface area contributed by atoms with Gasteiger partial charge in [0.25, 0.3) is 5.88 Å². The van der Waals surface area contributed by atoms with Gasteiger partial charge in [0.1, 0.15) is 12.2 Å². The van der Waals surface area contributed by atoms with Crippen LogP contribution in [-0.4, -0.2) is 46.0 Å². The molecule has 0 amide bonds. The summed E-state index contributed by atoms with van der Waals surface area (Å²) in [6, 6.07) is 3.18. The highest BCUT2D eigenvalue weighted by Gasteiger charge is 2.18. The molecule has 2 aromatic heterocycles. The fourth-order valence-electron chi connectivity index (χ4n) is 2.32. The number of aromatic nitrogens is 4. The number of ether oxygens (including phenoxy) is 2. The lowest BCUT2D eigenvalue weighted by molar-refractivity contribution is -0.0528. The predicted octanol–water partition coefficient (Wildman–Crippen LogP) is 1.55.